The van der Waals surface area contributed by atoms with Crippen LogP contribution in [0, 0.1) is 5.41 Å². The molecule has 1 heteroatoms. The molecule has 0 atom stereocenters. The number of allylic oxidation sites excluding steroid dienone is 4. The molecule has 0 saturated heterocycles. The first-order valence-corrected chi connectivity index (χ1v) is 8.58. The van der Waals surface area contributed by atoms with Gasteiger partial charge in [0.05, 0.1) is 0 Å². The van der Waals surface area contributed by atoms with Gasteiger partial charge in [-0.2, -0.15) is 0 Å². The Morgan fingerprint density at radius 1 is 0.850 bits per heavy atom. The molecule has 3 aliphatic rings. The Balaban J connectivity index is 0.000000461. The highest BCUT2D eigenvalue weighted by Gasteiger charge is 2.50. The molecular formula is C19H32O. The maximum Gasteiger partial charge on any atom is 0.169 e. The Labute approximate surface area is 125 Å². The van der Waals surface area contributed by atoms with Gasteiger partial charge in [-0.1, -0.05) is 51.7 Å². The predicted molar refractivity (Wildman–Crippen MR) is 87.9 cm³/mol. The highest BCUT2D eigenvalue weighted by molar-refractivity contribution is 6.08. The minimum atomic E-state index is 0.0392. The van der Waals surface area contributed by atoms with Crippen LogP contribution in [0.15, 0.2) is 22.3 Å². The molecule has 0 aromatic carbocycles. The minimum Gasteiger partial charge on any atom is -0.294 e. The van der Waals surface area contributed by atoms with E-state index in [1.807, 2.05) is 27.7 Å². The number of ketones is 1. The summed E-state index contributed by atoms with van der Waals surface area (Å²) < 4.78 is 0. The van der Waals surface area contributed by atoms with Gasteiger partial charge in [0, 0.05) is 11.0 Å². The van der Waals surface area contributed by atoms with Crippen molar-refractivity contribution < 1.29 is 4.79 Å². The van der Waals surface area contributed by atoms with E-state index in [0.717, 1.165) is 31.3 Å². The Morgan fingerprint density at radius 2 is 1.35 bits per heavy atom. The topological polar surface area (TPSA) is 17.1 Å². The highest BCUT2D eigenvalue weighted by Crippen LogP contribution is 2.55. The number of rotatable bonds is 0. The molecule has 3 aliphatic carbocycles. The van der Waals surface area contributed by atoms with Gasteiger partial charge in [-0.3, -0.25) is 4.79 Å². The van der Waals surface area contributed by atoms with Crippen molar-refractivity contribution in [2.75, 3.05) is 0 Å². The number of carbonyl (C=O) groups excluding carboxylic acids is 1. The Bertz CT molecular complexity index is 417. The van der Waals surface area contributed by atoms with Crippen molar-refractivity contribution in [3.05, 3.63) is 22.3 Å². The first-order chi connectivity index (χ1) is 9.64. The maximum absolute atomic E-state index is 12.6. The van der Waals surface area contributed by atoms with Crippen molar-refractivity contribution >= 4 is 5.78 Å². The van der Waals surface area contributed by atoms with Crippen molar-refractivity contribution in [3.8, 4) is 0 Å². The molecule has 0 bridgehead atoms. The van der Waals surface area contributed by atoms with Crippen molar-refractivity contribution in [2.24, 2.45) is 5.41 Å². The maximum atomic E-state index is 12.6. The van der Waals surface area contributed by atoms with Crippen LogP contribution in [0.25, 0.3) is 0 Å². The van der Waals surface area contributed by atoms with Crippen molar-refractivity contribution in [1.29, 1.82) is 0 Å². The third-order valence-corrected chi connectivity index (χ3v) is 4.90. The Hall–Kier alpha value is -0.850. The van der Waals surface area contributed by atoms with E-state index in [1.54, 1.807) is 0 Å². The molecule has 2 fully saturated rings. The lowest BCUT2D eigenvalue weighted by Gasteiger charge is -2.18. The molecular weight excluding hydrogens is 244 g/mol. The molecule has 0 amide bonds. The van der Waals surface area contributed by atoms with Crippen LogP contribution in [-0.4, -0.2) is 5.78 Å². The van der Waals surface area contributed by atoms with Crippen LogP contribution in [0.5, 0.6) is 0 Å². The third-order valence-electron chi connectivity index (χ3n) is 4.90. The molecule has 20 heavy (non-hydrogen) atoms. The molecule has 2 saturated carbocycles. The molecule has 0 aromatic heterocycles. The second-order valence-corrected chi connectivity index (χ2v) is 5.91. The monoisotopic (exact) mass is 276 g/mol. The first kappa shape index (κ1) is 17.2. The Morgan fingerprint density at radius 3 is 1.85 bits per heavy atom. The molecule has 1 nitrogen and oxygen atoms in total. The molecule has 0 unspecified atom stereocenters. The molecule has 0 aliphatic heterocycles. The van der Waals surface area contributed by atoms with E-state index in [-0.39, 0.29) is 5.41 Å². The predicted octanol–water partition coefficient (Wildman–Crippen LogP) is 6.00. The van der Waals surface area contributed by atoms with Gasteiger partial charge in [-0.15, -0.1) is 0 Å². The fraction of sp³-hybridized carbons (Fsp3) is 0.737. The number of Topliss-reactive ketones (excluding diaryl/α,β-unsaturated/α-hetero) is 1. The summed E-state index contributed by atoms with van der Waals surface area (Å²) >= 11 is 0. The van der Waals surface area contributed by atoms with Crippen LogP contribution in [-0.2, 0) is 4.79 Å². The van der Waals surface area contributed by atoms with E-state index in [0.29, 0.717) is 5.78 Å². The van der Waals surface area contributed by atoms with Gasteiger partial charge in [0.1, 0.15) is 0 Å². The second-order valence-electron chi connectivity index (χ2n) is 5.91. The first-order valence-electron chi connectivity index (χ1n) is 8.58. The summed E-state index contributed by atoms with van der Waals surface area (Å²) in [5, 5.41) is 0. The van der Waals surface area contributed by atoms with E-state index in [9.17, 15) is 4.79 Å². The van der Waals surface area contributed by atoms with E-state index in [1.165, 1.54) is 36.0 Å². The fourth-order valence-electron chi connectivity index (χ4n) is 3.83. The number of fused-ring (bicyclic) bond motifs is 1. The summed E-state index contributed by atoms with van der Waals surface area (Å²) in [5.74, 6) is 0.497. The molecule has 0 radical (unpaired) electrons. The number of carbonyl (C=O) groups is 1. The lowest BCUT2D eigenvalue weighted by molar-refractivity contribution is -0.122. The minimum absolute atomic E-state index is 0.0392. The zero-order valence-electron chi connectivity index (χ0n) is 14.4. The molecule has 0 aromatic rings. The van der Waals surface area contributed by atoms with Crippen molar-refractivity contribution in [3.63, 3.8) is 0 Å². The zero-order valence-corrected chi connectivity index (χ0v) is 14.4. The van der Waals surface area contributed by atoms with Crippen LogP contribution in [0.3, 0.4) is 0 Å². The van der Waals surface area contributed by atoms with Crippen LogP contribution in [0.4, 0.5) is 0 Å². The van der Waals surface area contributed by atoms with Gasteiger partial charge in [0.15, 0.2) is 5.78 Å². The summed E-state index contributed by atoms with van der Waals surface area (Å²) in [5.41, 5.74) is 5.45. The van der Waals surface area contributed by atoms with Gasteiger partial charge in [0.25, 0.3) is 0 Å². The van der Waals surface area contributed by atoms with E-state index in [2.05, 4.69) is 13.8 Å². The number of hydrogen-bond donors (Lipinski definition) is 0. The van der Waals surface area contributed by atoms with Gasteiger partial charge in [0.2, 0.25) is 0 Å². The quantitative estimate of drug-likeness (QED) is 0.530. The summed E-state index contributed by atoms with van der Waals surface area (Å²) in [6.45, 7) is 12.4. The fourth-order valence-corrected chi connectivity index (χ4v) is 3.83. The molecule has 0 N–H and O–H groups in total. The van der Waals surface area contributed by atoms with Crippen molar-refractivity contribution in [1.82, 2.24) is 0 Å². The second kappa shape index (κ2) is 7.24. The summed E-state index contributed by atoms with van der Waals surface area (Å²) in [6.07, 6.45) is 8.12. The van der Waals surface area contributed by atoms with Crippen LogP contribution in [0.2, 0.25) is 0 Å². The smallest absolute Gasteiger partial charge is 0.169 e. The third kappa shape index (κ3) is 2.77. The van der Waals surface area contributed by atoms with Crippen LogP contribution >= 0.6 is 0 Å². The average molecular weight is 276 g/mol. The van der Waals surface area contributed by atoms with Crippen LogP contribution in [0.1, 0.15) is 86.5 Å². The molecule has 114 valence electrons. The van der Waals surface area contributed by atoms with E-state index >= 15 is 0 Å². The van der Waals surface area contributed by atoms with Crippen LogP contribution < -0.4 is 0 Å². The molecule has 3 rings (SSSR count). The summed E-state index contributed by atoms with van der Waals surface area (Å²) in [6, 6.07) is 0. The van der Waals surface area contributed by atoms with Gasteiger partial charge in [-0.05, 0) is 51.5 Å². The van der Waals surface area contributed by atoms with E-state index < -0.39 is 0 Å². The van der Waals surface area contributed by atoms with Crippen molar-refractivity contribution in [2.45, 2.75) is 86.5 Å². The van der Waals surface area contributed by atoms with Gasteiger partial charge < -0.3 is 0 Å². The molecule has 1 spiro atoms. The standard InChI is InChI=1S/C15H20O.2C2H6/c1-10-5-6-11(2)13-12(10)9-15(14(13)16)7-3-4-8-15;2*1-2/h3-9H2,1-2H3;2*1-2H3. The highest BCUT2D eigenvalue weighted by atomic mass is 16.1. The number of hydrogen-bond acceptors (Lipinski definition) is 1. The lowest BCUT2D eigenvalue weighted by atomic mass is 9.83. The SMILES string of the molecule is CC.CC.CC1=C2CC3(CCCC3)C(=O)C2=C(C)CC1. The molecule has 0 heterocycles. The lowest BCUT2D eigenvalue weighted by Crippen LogP contribution is -2.22. The van der Waals surface area contributed by atoms with Gasteiger partial charge >= 0.3 is 0 Å². The van der Waals surface area contributed by atoms with E-state index in [4.69, 9.17) is 0 Å². The average Bonchev–Trinajstić information content (AvgIpc) is 3.07. The summed E-state index contributed by atoms with van der Waals surface area (Å²) in [7, 11) is 0. The zero-order chi connectivity index (χ0) is 15.3. The van der Waals surface area contributed by atoms with Gasteiger partial charge in [-0.25, -0.2) is 0 Å². The normalized spacial score (nSPS) is 23.2. The Kier molecular flexibility index (Phi) is 6.23. The largest absolute Gasteiger partial charge is 0.294 e. The summed E-state index contributed by atoms with van der Waals surface area (Å²) in [4.78, 5) is 12.6.